The van der Waals surface area contributed by atoms with Crippen molar-refractivity contribution in [2.45, 2.75) is 154 Å². The molecule has 12 N–H and O–H groups in total. The van der Waals surface area contributed by atoms with Crippen LogP contribution < -0.4 is 57.7 Å². The molecule has 0 fully saturated rings. The van der Waals surface area contributed by atoms with E-state index in [1.807, 2.05) is 18.7 Å². The molecule has 10 rings (SSSR count). The molecule has 0 spiro atoms. The maximum atomic E-state index is 14.3. The smallest absolute Gasteiger partial charge is 0.407 e. The quantitative estimate of drug-likeness (QED) is 0.0219. The standard InChI is InChI=1S/C24H30ClFN6O5.C19H20ClFN6O2.C18H19ClFN5O3.C8H17NO3.2CH4.CH3/c1-6-35-22(33)18-20(27)31-32-10-9-17(30-21(18)32)28-12-14-16(8-7-15(26)19(14)25)36-13(2)11-29-23(34)37-24(3,4)5;1-3-26-9-11-13(5-4-12(21)16(11)20)29-10(2)8-23-19(28)15-17(22)25-27-7-6-14(26)24-18(15)27;1-3-24(9-10-12(26)6-5-11(20)15(10)19)13-7-8-25-17(22-13)14(16(21)23-25)18(27)28-4-2;1-6(10)5-9-7(11)12-8(2,3)4;;;/h7-10,13H,6,11-12H2,1-5H3,(H2,27,31)(H,28,30)(H,29,34);4-7,10H,3,8-9H2,1-2H3,(H2,22,25)(H,23,28);5-8,26H,3-4,9H2,1-2H3,(H2,21,23);6,10H,5H2,1-4H3,(H,9,11);2*1H4;1H3/q;;;;;;-1/t13-;10-;;6-;;;/m00.1.../s1. The third kappa shape index (κ3) is 24.1. The van der Waals surface area contributed by atoms with Crippen molar-refractivity contribution in [3.05, 3.63) is 147 Å². The summed E-state index contributed by atoms with van der Waals surface area (Å²) in [6.45, 7) is 25.4. The van der Waals surface area contributed by atoms with Crippen molar-refractivity contribution in [2.75, 3.05) is 78.3 Å². The van der Waals surface area contributed by atoms with Gasteiger partial charge in [-0.3, -0.25) is 4.79 Å². The maximum absolute atomic E-state index is 14.3. The number of rotatable bonds is 18. The van der Waals surface area contributed by atoms with Gasteiger partial charge >= 0.3 is 24.1 Å². The van der Waals surface area contributed by atoms with Crippen LogP contribution in [0.25, 0.3) is 16.9 Å². The van der Waals surface area contributed by atoms with Gasteiger partial charge in [0.15, 0.2) is 34.4 Å². The first-order valence-corrected chi connectivity index (χ1v) is 34.4. The van der Waals surface area contributed by atoms with E-state index in [2.05, 4.69) is 51.5 Å². The minimum Gasteiger partial charge on any atom is -0.508 e. The summed E-state index contributed by atoms with van der Waals surface area (Å²) in [5.41, 5.74) is 18.8. The number of hydrogen-bond donors (Lipinski definition) is 9. The summed E-state index contributed by atoms with van der Waals surface area (Å²) >= 11 is 18.5. The number of anilines is 6. The molecule has 6 aromatic heterocycles. The van der Waals surface area contributed by atoms with E-state index >= 15 is 0 Å². The minimum absolute atomic E-state index is 0. The molecule has 596 valence electrons. The second kappa shape index (κ2) is 39.9. The highest BCUT2D eigenvalue weighted by Crippen LogP contribution is 2.36. The SMILES string of the molecule is C.C.CCN1Cc2c(ccc(F)c2Cl)O[C@@H](C)CNC(=O)c2c(N)nn3ccc1nc23.CCOC(=O)c1c(N)nn2ccc(N(CC)Cc3c(O)ccc(F)c3Cl)nc12.CCOC(=O)c1c(N)nn2ccc(NCc3c(O[C@@H](C)CNC(=O)OC(C)(C)C)ccc(F)c3Cl)nc12.C[C@@H](O)CNC(=O)OC(C)(C)C.[CH3-]. The van der Waals surface area contributed by atoms with E-state index in [1.165, 1.54) is 37.8 Å². The van der Waals surface area contributed by atoms with Crippen LogP contribution in [0.2, 0.25) is 15.1 Å². The number of aliphatic hydroxyl groups is 1. The highest BCUT2D eigenvalue weighted by atomic mass is 35.5. The van der Waals surface area contributed by atoms with Crippen LogP contribution in [0.4, 0.5) is 57.7 Å². The fourth-order valence-electron chi connectivity index (χ4n) is 9.90. The molecule has 9 aromatic rings. The number of nitrogens with two attached hydrogens (primary N) is 3. The fourth-order valence-corrected chi connectivity index (χ4v) is 10.6. The highest BCUT2D eigenvalue weighted by Gasteiger charge is 2.28. The predicted octanol–water partition coefficient (Wildman–Crippen LogP) is 12.5. The lowest BCUT2D eigenvalue weighted by Gasteiger charge is -2.25. The first-order chi connectivity index (χ1) is 50.0. The van der Waals surface area contributed by atoms with Crippen molar-refractivity contribution >= 4 is 117 Å². The molecule has 1 aliphatic heterocycles. The van der Waals surface area contributed by atoms with Crippen molar-refractivity contribution in [3.8, 4) is 17.2 Å². The Kier molecular flexibility index (Phi) is 33.2. The number of hydrogen-bond acceptors (Lipinski definition) is 25. The van der Waals surface area contributed by atoms with Crippen molar-refractivity contribution in [3.63, 3.8) is 0 Å². The topological polar surface area (TPSA) is 404 Å². The van der Waals surface area contributed by atoms with E-state index < -0.39 is 77.0 Å². The number of phenols is 1. The third-order valence-electron chi connectivity index (χ3n) is 14.8. The summed E-state index contributed by atoms with van der Waals surface area (Å²) in [7, 11) is 0. The monoisotopic (exact) mass is 1580 g/mol. The maximum Gasteiger partial charge on any atom is 0.407 e. The molecule has 0 saturated heterocycles. The number of carbonyl (C=O) groups is 5. The van der Waals surface area contributed by atoms with E-state index in [0.29, 0.717) is 58.8 Å². The molecule has 37 heteroatoms. The highest BCUT2D eigenvalue weighted by molar-refractivity contribution is 6.32. The average molecular weight is 1590 g/mol. The van der Waals surface area contributed by atoms with Gasteiger partial charge in [0.1, 0.15) is 92.3 Å². The molecule has 0 unspecified atom stereocenters. The van der Waals surface area contributed by atoms with Gasteiger partial charge in [0.2, 0.25) is 0 Å². The number of aromatic hydroxyl groups is 1. The van der Waals surface area contributed by atoms with Gasteiger partial charge in [-0.15, -0.1) is 15.3 Å². The van der Waals surface area contributed by atoms with Crippen molar-refractivity contribution in [1.29, 1.82) is 0 Å². The van der Waals surface area contributed by atoms with Gasteiger partial charge in [0, 0.05) is 74.5 Å². The molecule has 3 aromatic carbocycles. The zero-order valence-electron chi connectivity index (χ0n) is 61.5. The number of halogens is 6. The zero-order valence-corrected chi connectivity index (χ0v) is 63.8. The molecule has 109 heavy (non-hydrogen) atoms. The van der Waals surface area contributed by atoms with E-state index in [-0.39, 0.29) is 147 Å². The van der Waals surface area contributed by atoms with E-state index in [1.54, 1.807) is 124 Å². The lowest BCUT2D eigenvalue weighted by molar-refractivity contribution is 0.0491. The largest absolute Gasteiger partial charge is 0.508 e. The number of phenolic OH excluding ortho intramolecular Hbond substituents is 1. The third-order valence-corrected chi connectivity index (χ3v) is 16.0. The van der Waals surface area contributed by atoms with Gasteiger partial charge < -0.3 is 94.3 Å². The summed E-state index contributed by atoms with van der Waals surface area (Å²) in [6.07, 6.45) is 2.36. The molecule has 2 bridgehead atoms. The van der Waals surface area contributed by atoms with Crippen LogP contribution in [0, 0.1) is 24.9 Å². The van der Waals surface area contributed by atoms with Crippen LogP contribution in [0.3, 0.4) is 0 Å². The Morgan fingerprint density at radius 1 is 0.706 bits per heavy atom. The fraction of sp³-hybridized carbons (Fsp3) is 0.417. The van der Waals surface area contributed by atoms with Gasteiger partial charge in [0.25, 0.3) is 5.91 Å². The minimum atomic E-state index is -0.641. The van der Waals surface area contributed by atoms with Gasteiger partial charge in [-0.2, -0.15) is 0 Å². The van der Waals surface area contributed by atoms with Crippen LogP contribution in [0.5, 0.6) is 17.2 Å². The number of benzene rings is 3. The van der Waals surface area contributed by atoms with Gasteiger partial charge in [-0.25, -0.2) is 60.8 Å². The molecule has 0 aliphatic carbocycles. The van der Waals surface area contributed by atoms with Crippen LogP contribution in [-0.2, 0) is 38.6 Å². The normalized spacial score (nSPS) is 13.0. The number of ether oxygens (including phenoxy) is 6. The Bertz CT molecular complexity index is 4630. The van der Waals surface area contributed by atoms with Gasteiger partial charge in [0.05, 0.1) is 47.5 Å². The molecule has 0 radical (unpaired) electrons. The number of alkyl carbamates (subject to hydrolysis) is 2. The molecule has 7 heterocycles. The van der Waals surface area contributed by atoms with Crippen molar-refractivity contribution in [1.82, 2.24) is 59.7 Å². The Morgan fingerprint density at radius 3 is 1.78 bits per heavy atom. The number of aliphatic hydroxyl groups excluding tert-OH is 1. The Hall–Kier alpha value is -10.7. The number of nitrogens with one attached hydrogen (secondary N) is 4. The lowest BCUT2D eigenvalue weighted by atomic mass is 10.1. The molecular weight excluding hydrogens is 1490 g/mol. The first-order valence-electron chi connectivity index (χ1n) is 33.3. The van der Waals surface area contributed by atoms with Gasteiger partial charge in [-0.1, -0.05) is 49.7 Å². The number of nitrogens with zero attached hydrogens (tertiary/aromatic N) is 11. The number of carbonyl (C=O) groups excluding carboxylic acids is 5. The lowest BCUT2D eigenvalue weighted by Crippen LogP contribution is -2.37. The summed E-state index contributed by atoms with van der Waals surface area (Å²) < 4.78 is 78.5. The van der Waals surface area contributed by atoms with E-state index in [9.17, 15) is 42.3 Å². The van der Waals surface area contributed by atoms with Crippen LogP contribution in [-0.4, -0.2) is 159 Å². The zero-order chi connectivity index (χ0) is 78.2. The second-order valence-electron chi connectivity index (χ2n) is 25.5. The van der Waals surface area contributed by atoms with Crippen LogP contribution in [0.15, 0.2) is 73.2 Å². The molecular formula is C72H97Cl3F3N18O13-. The Morgan fingerprint density at radius 2 is 1.22 bits per heavy atom. The van der Waals surface area contributed by atoms with Crippen molar-refractivity contribution in [2.24, 2.45) is 0 Å². The van der Waals surface area contributed by atoms with Crippen LogP contribution in [0.1, 0.15) is 153 Å². The predicted molar refractivity (Wildman–Crippen MR) is 413 cm³/mol. The first kappa shape index (κ1) is 90.7. The van der Waals surface area contributed by atoms with Crippen LogP contribution >= 0.6 is 34.8 Å². The Balaban J connectivity index is 0.000000319. The number of nitrogen functional groups attached to an aromatic ring is 3. The number of amides is 3. The molecule has 1 aliphatic rings. The van der Waals surface area contributed by atoms with E-state index in [0.717, 1.165) is 6.07 Å². The summed E-state index contributed by atoms with van der Waals surface area (Å²) in [5.74, 6) is -1.27. The summed E-state index contributed by atoms with van der Waals surface area (Å²) in [6, 6.07) is 12.8. The number of aromatic nitrogens is 9. The average Bonchev–Trinajstić information content (AvgIpc) is 1.67. The van der Waals surface area contributed by atoms with Crippen molar-refractivity contribution < 1.29 is 75.8 Å². The molecule has 31 nitrogen and oxygen atoms in total. The summed E-state index contributed by atoms with van der Waals surface area (Å²) in [4.78, 5) is 77.2. The molecule has 3 atom stereocenters. The molecule has 3 amide bonds. The number of esters is 2. The number of fused-ring (bicyclic) bond motifs is 4. The van der Waals surface area contributed by atoms with E-state index in [4.69, 9.17) is 85.5 Å². The van der Waals surface area contributed by atoms with Gasteiger partial charge in [-0.05, 0) is 145 Å². The second-order valence-corrected chi connectivity index (χ2v) is 26.6. The molecule has 0 saturated carbocycles. The Labute approximate surface area is 645 Å². The summed E-state index contributed by atoms with van der Waals surface area (Å²) in [5, 5.41) is 41.8.